The largest absolute Gasteiger partial charge is 0.444 e. The van der Waals surface area contributed by atoms with E-state index in [0.29, 0.717) is 0 Å². The van der Waals surface area contributed by atoms with Gasteiger partial charge < -0.3 is 9.64 Å². The Hall–Kier alpha value is -0.440. The van der Waals surface area contributed by atoms with Gasteiger partial charge in [0, 0.05) is 13.1 Å². The summed E-state index contributed by atoms with van der Waals surface area (Å²) < 4.78 is 5.26. The Labute approximate surface area is 92.2 Å². The van der Waals surface area contributed by atoms with Crippen LogP contribution in [0.2, 0.25) is 0 Å². The summed E-state index contributed by atoms with van der Waals surface area (Å²) in [6, 6.07) is 0. The van der Waals surface area contributed by atoms with Crippen LogP contribution < -0.4 is 0 Å². The Morgan fingerprint density at radius 1 is 1.14 bits per heavy atom. The maximum atomic E-state index is 11.5. The van der Waals surface area contributed by atoms with E-state index in [9.17, 15) is 4.79 Å². The Kier molecular flexibility index (Phi) is 5.27. The number of hydrogen-bond acceptors (Lipinski definition) is 2. The summed E-state index contributed by atoms with van der Waals surface area (Å²) in [5.74, 6) is 0. The molecule has 1 fully saturated rings. The molecule has 0 N–H and O–H groups in total. The van der Waals surface area contributed by atoms with Crippen LogP contribution in [0.5, 0.6) is 0 Å². The lowest BCUT2D eigenvalue weighted by Gasteiger charge is -2.29. The van der Waals surface area contributed by atoms with E-state index in [-0.39, 0.29) is 24.1 Å². The van der Waals surface area contributed by atoms with Gasteiger partial charge in [-0.25, -0.2) is 4.79 Å². The van der Waals surface area contributed by atoms with Gasteiger partial charge in [0.15, 0.2) is 0 Å². The minimum atomic E-state index is -0.367. The fraction of sp³-hybridized carbons (Fsp3) is 0.900. The maximum Gasteiger partial charge on any atom is 0.410 e. The molecule has 1 aliphatic rings. The number of hydrogen-bond donors (Lipinski definition) is 0. The van der Waals surface area contributed by atoms with Crippen molar-refractivity contribution in [2.24, 2.45) is 0 Å². The highest BCUT2D eigenvalue weighted by atomic mass is 35.5. The van der Waals surface area contributed by atoms with Crippen LogP contribution in [0.4, 0.5) is 4.79 Å². The van der Waals surface area contributed by atoms with Crippen molar-refractivity contribution in [2.75, 3.05) is 13.1 Å². The van der Waals surface area contributed by atoms with Gasteiger partial charge >= 0.3 is 6.09 Å². The molecule has 0 aromatic carbocycles. The number of rotatable bonds is 0. The third kappa shape index (κ3) is 4.70. The lowest BCUT2D eigenvalue weighted by molar-refractivity contribution is 0.0216. The minimum absolute atomic E-state index is 0. The number of amides is 1. The highest BCUT2D eigenvalue weighted by Crippen LogP contribution is 2.14. The van der Waals surface area contributed by atoms with Gasteiger partial charge in [-0.2, -0.15) is 0 Å². The predicted molar refractivity (Wildman–Crippen MR) is 58.9 cm³/mol. The van der Waals surface area contributed by atoms with Crippen LogP contribution >= 0.6 is 12.4 Å². The number of ether oxygens (including phenoxy) is 1. The summed E-state index contributed by atoms with van der Waals surface area (Å²) in [5, 5.41) is 0. The molecular formula is C10H20ClNO2. The molecule has 1 heterocycles. The van der Waals surface area contributed by atoms with Crippen LogP contribution in [0.15, 0.2) is 0 Å². The number of nitrogens with zero attached hydrogens (tertiary/aromatic N) is 1. The van der Waals surface area contributed by atoms with Gasteiger partial charge in [0.1, 0.15) is 5.60 Å². The van der Waals surface area contributed by atoms with Gasteiger partial charge in [-0.3, -0.25) is 0 Å². The molecule has 0 saturated carbocycles. The first-order valence-electron chi connectivity index (χ1n) is 4.97. The zero-order valence-electron chi connectivity index (χ0n) is 9.21. The van der Waals surface area contributed by atoms with Crippen molar-refractivity contribution in [3.8, 4) is 0 Å². The van der Waals surface area contributed by atoms with Gasteiger partial charge in [0.2, 0.25) is 0 Å². The SMILES string of the molecule is CC(C)(C)OC(=O)N1CCCCC1.Cl. The molecule has 0 aliphatic carbocycles. The van der Waals surface area contributed by atoms with E-state index in [0.717, 1.165) is 25.9 Å². The van der Waals surface area contributed by atoms with Crippen molar-refractivity contribution in [3.05, 3.63) is 0 Å². The van der Waals surface area contributed by atoms with Crippen molar-refractivity contribution in [3.63, 3.8) is 0 Å². The summed E-state index contributed by atoms with van der Waals surface area (Å²) in [7, 11) is 0. The molecule has 0 atom stereocenters. The van der Waals surface area contributed by atoms with E-state index in [1.807, 2.05) is 20.8 Å². The number of halogens is 1. The van der Waals surface area contributed by atoms with Gasteiger partial charge in [-0.1, -0.05) is 0 Å². The van der Waals surface area contributed by atoms with Gasteiger partial charge in [-0.05, 0) is 40.0 Å². The van der Waals surface area contributed by atoms with Crippen molar-refractivity contribution in [1.29, 1.82) is 0 Å². The van der Waals surface area contributed by atoms with E-state index in [1.165, 1.54) is 6.42 Å². The number of likely N-dealkylation sites (tertiary alicyclic amines) is 1. The number of piperidine rings is 1. The Morgan fingerprint density at radius 3 is 2.07 bits per heavy atom. The molecule has 0 aromatic rings. The quantitative estimate of drug-likeness (QED) is 0.630. The monoisotopic (exact) mass is 221 g/mol. The minimum Gasteiger partial charge on any atom is -0.444 e. The average molecular weight is 222 g/mol. The molecule has 0 spiro atoms. The molecule has 0 aromatic heterocycles. The third-order valence-electron chi connectivity index (χ3n) is 2.01. The van der Waals surface area contributed by atoms with Crippen LogP contribution in [-0.4, -0.2) is 29.7 Å². The Morgan fingerprint density at radius 2 is 1.64 bits per heavy atom. The second kappa shape index (κ2) is 5.44. The molecule has 0 unspecified atom stereocenters. The van der Waals surface area contributed by atoms with Crippen molar-refractivity contribution in [1.82, 2.24) is 4.90 Å². The summed E-state index contributed by atoms with van der Waals surface area (Å²) >= 11 is 0. The first-order valence-corrected chi connectivity index (χ1v) is 4.97. The molecule has 1 saturated heterocycles. The fourth-order valence-electron chi connectivity index (χ4n) is 1.40. The molecule has 84 valence electrons. The van der Waals surface area contributed by atoms with E-state index in [2.05, 4.69) is 0 Å². The molecule has 0 bridgehead atoms. The van der Waals surface area contributed by atoms with Crippen LogP contribution in [0, 0.1) is 0 Å². The molecular weight excluding hydrogens is 202 g/mol. The average Bonchev–Trinajstić information content (AvgIpc) is 2.03. The number of carbonyl (C=O) groups excluding carboxylic acids is 1. The molecule has 0 radical (unpaired) electrons. The normalized spacial score (nSPS) is 17.2. The first-order chi connectivity index (χ1) is 5.99. The van der Waals surface area contributed by atoms with E-state index in [1.54, 1.807) is 4.90 Å². The van der Waals surface area contributed by atoms with Crippen molar-refractivity contribution < 1.29 is 9.53 Å². The standard InChI is InChI=1S/C10H19NO2.ClH/c1-10(2,3)13-9(12)11-7-5-4-6-8-11;/h4-8H2,1-3H3;1H. The zero-order valence-corrected chi connectivity index (χ0v) is 10.0. The molecule has 4 heteroatoms. The molecule has 1 aliphatic heterocycles. The fourth-order valence-corrected chi connectivity index (χ4v) is 1.40. The van der Waals surface area contributed by atoms with E-state index < -0.39 is 0 Å². The maximum absolute atomic E-state index is 11.5. The third-order valence-corrected chi connectivity index (χ3v) is 2.01. The van der Waals surface area contributed by atoms with Gasteiger partial charge in [-0.15, -0.1) is 12.4 Å². The van der Waals surface area contributed by atoms with Crippen LogP contribution in [0.25, 0.3) is 0 Å². The Bertz CT molecular complexity index is 183. The first kappa shape index (κ1) is 13.6. The van der Waals surface area contributed by atoms with Gasteiger partial charge in [0.05, 0.1) is 0 Å². The van der Waals surface area contributed by atoms with Crippen LogP contribution in [0.1, 0.15) is 40.0 Å². The highest BCUT2D eigenvalue weighted by Gasteiger charge is 2.22. The molecule has 14 heavy (non-hydrogen) atoms. The zero-order chi connectivity index (χ0) is 9.90. The van der Waals surface area contributed by atoms with E-state index in [4.69, 9.17) is 4.74 Å². The smallest absolute Gasteiger partial charge is 0.410 e. The van der Waals surface area contributed by atoms with E-state index >= 15 is 0 Å². The second-order valence-corrected chi connectivity index (χ2v) is 4.53. The van der Waals surface area contributed by atoms with Crippen LogP contribution in [0.3, 0.4) is 0 Å². The highest BCUT2D eigenvalue weighted by molar-refractivity contribution is 5.85. The number of carbonyl (C=O) groups is 1. The molecule has 1 amide bonds. The van der Waals surface area contributed by atoms with Crippen LogP contribution in [-0.2, 0) is 4.74 Å². The second-order valence-electron chi connectivity index (χ2n) is 4.53. The lowest BCUT2D eigenvalue weighted by Crippen LogP contribution is -2.39. The van der Waals surface area contributed by atoms with Crippen molar-refractivity contribution in [2.45, 2.75) is 45.6 Å². The lowest BCUT2D eigenvalue weighted by atomic mass is 10.1. The Balaban J connectivity index is 0.00000169. The molecule has 3 nitrogen and oxygen atoms in total. The topological polar surface area (TPSA) is 29.5 Å². The summed E-state index contributed by atoms with van der Waals surface area (Å²) in [6.45, 7) is 7.41. The molecule has 1 rings (SSSR count). The van der Waals surface area contributed by atoms with Crippen molar-refractivity contribution >= 4 is 18.5 Å². The summed E-state index contributed by atoms with van der Waals surface area (Å²) in [6.07, 6.45) is 3.30. The summed E-state index contributed by atoms with van der Waals surface area (Å²) in [4.78, 5) is 13.3. The summed E-state index contributed by atoms with van der Waals surface area (Å²) in [5.41, 5.74) is -0.367. The predicted octanol–water partition coefficient (Wildman–Crippen LogP) is 2.83. The van der Waals surface area contributed by atoms with Gasteiger partial charge in [0.25, 0.3) is 0 Å².